The van der Waals surface area contributed by atoms with Gasteiger partial charge in [-0.15, -0.1) is 0 Å². The SMILES string of the molecule is CCC(COC(=O)c1cc(OC)c(OC)c(OC)c1)(c1ccccc1)N(C)C.O=C(O)C=CC(=O)O. The van der Waals surface area contributed by atoms with Crippen LogP contribution in [0.15, 0.2) is 54.6 Å². The molecule has 0 aliphatic carbocycles. The average Bonchev–Trinajstić information content (AvgIpc) is 2.87. The summed E-state index contributed by atoms with van der Waals surface area (Å²) in [5, 5.41) is 15.6. The van der Waals surface area contributed by atoms with Crippen molar-refractivity contribution in [2.75, 3.05) is 42.0 Å². The molecule has 0 fully saturated rings. The van der Waals surface area contributed by atoms with Crippen molar-refractivity contribution in [2.45, 2.75) is 18.9 Å². The molecule has 2 rings (SSSR count). The molecule has 0 saturated heterocycles. The second kappa shape index (κ2) is 14.4. The predicted octanol–water partition coefficient (Wildman–Crippen LogP) is 3.45. The van der Waals surface area contributed by atoms with Crippen LogP contribution in [-0.4, -0.2) is 75.1 Å². The zero-order valence-electron chi connectivity index (χ0n) is 21.3. The lowest BCUT2D eigenvalue weighted by Crippen LogP contribution is -2.45. The molecule has 0 bridgehead atoms. The van der Waals surface area contributed by atoms with E-state index in [-0.39, 0.29) is 6.61 Å². The van der Waals surface area contributed by atoms with Crippen LogP contribution in [0.3, 0.4) is 0 Å². The fourth-order valence-electron chi connectivity index (χ4n) is 3.45. The first-order valence-corrected chi connectivity index (χ1v) is 10.9. The van der Waals surface area contributed by atoms with Crippen LogP contribution in [0.25, 0.3) is 0 Å². The van der Waals surface area contributed by atoms with Crippen LogP contribution < -0.4 is 14.2 Å². The van der Waals surface area contributed by atoms with Crippen molar-refractivity contribution >= 4 is 17.9 Å². The van der Waals surface area contributed by atoms with Crippen molar-refractivity contribution in [1.82, 2.24) is 4.90 Å². The van der Waals surface area contributed by atoms with Crippen LogP contribution in [0.4, 0.5) is 0 Å². The van der Waals surface area contributed by atoms with Crippen molar-refractivity contribution in [3.05, 3.63) is 65.7 Å². The number of hydrogen-bond acceptors (Lipinski definition) is 8. The highest BCUT2D eigenvalue weighted by molar-refractivity contribution is 5.91. The number of aliphatic carboxylic acids is 2. The van der Waals surface area contributed by atoms with Gasteiger partial charge in [0.15, 0.2) is 11.5 Å². The van der Waals surface area contributed by atoms with Gasteiger partial charge in [-0.25, -0.2) is 14.4 Å². The predicted molar refractivity (Wildman–Crippen MR) is 133 cm³/mol. The van der Waals surface area contributed by atoms with Crippen LogP contribution in [0.5, 0.6) is 17.2 Å². The molecule has 196 valence electrons. The van der Waals surface area contributed by atoms with Crippen molar-refractivity contribution in [3.8, 4) is 17.2 Å². The van der Waals surface area contributed by atoms with E-state index in [1.807, 2.05) is 32.3 Å². The van der Waals surface area contributed by atoms with Crippen molar-refractivity contribution in [3.63, 3.8) is 0 Å². The number of carboxylic acid groups (broad SMARTS) is 2. The minimum absolute atomic E-state index is 0.218. The first kappa shape index (κ1) is 30.0. The molecule has 36 heavy (non-hydrogen) atoms. The van der Waals surface area contributed by atoms with Crippen molar-refractivity contribution in [2.24, 2.45) is 0 Å². The highest BCUT2D eigenvalue weighted by atomic mass is 16.5. The summed E-state index contributed by atoms with van der Waals surface area (Å²) in [7, 11) is 8.52. The number of likely N-dealkylation sites (N-methyl/N-ethyl adjacent to an activating group) is 1. The van der Waals surface area contributed by atoms with Gasteiger partial charge in [0.05, 0.1) is 32.4 Å². The van der Waals surface area contributed by atoms with E-state index in [2.05, 4.69) is 24.0 Å². The quantitative estimate of drug-likeness (QED) is 0.347. The number of methoxy groups -OCH3 is 3. The molecule has 10 heteroatoms. The van der Waals surface area contributed by atoms with Gasteiger partial charge in [-0.3, -0.25) is 4.90 Å². The summed E-state index contributed by atoms with van der Waals surface area (Å²) in [5.41, 5.74) is 1.02. The Morgan fingerprint density at radius 1 is 0.889 bits per heavy atom. The summed E-state index contributed by atoms with van der Waals surface area (Å²) in [6, 6.07) is 13.2. The Labute approximate surface area is 210 Å². The summed E-state index contributed by atoms with van der Waals surface area (Å²) in [5.74, 6) is -1.71. The van der Waals surface area contributed by atoms with Crippen molar-refractivity contribution in [1.29, 1.82) is 0 Å². The molecule has 0 aliphatic heterocycles. The molecule has 0 spiro atoms. The van der Waals surface area contributed by atoms with Gasteiger partial charge in [0.25, 0.3) is 0 Å². The van der Waals surface area contributed by atoms with Crippen LogP contribution >= 0.6 is 0 Å². The third kappa shape index (κ3) is 8.02. The summed E-state index contributed by atoms with van der Waals surface area (Å²) in [6.07, 6.45) is 1.90. The van der Waals surface area contributed by atoms with Gasteiger partial charge in [0, 0.05) is 12.2 Å². The van der Waals surface area contributed by atoms with Gasteiger partial charge in [0.1, 0.15) is 6.61 Å². The molecule has 0 radical (unpaired) electrons. The maximum absolute atomic E-state index is 12.8. The molecule has 0 saturated carbocycles. The molecule has 0 aliphatic rings. The fraction of sp³-hybridized carbons (Fsp3) is 0.346. The zero-order valence-corrected chi connectivity index (χ0v) is 21.3. The number of carbonyl (C=O) groups excluding carboxylic acids is 1. The van der Waals surface area contributed by atoms with E-state index in [4.69, 9.17) is 29.2 Å². The Morgan fingerprint density at radius 2 is 1.39 bits per heavy atom. The number of hydrogen-bond donors (Lipinski definition) is 2. The van der Waals surface area contributed by atoms with Crippen molar-refractivity contribution < 1.29 is 43.5 Å². The Hall–Kier alpha value is -4.05. The Balaban J connectivity index is 0.000000697. The Morgan fingerprint density at radius 3 is 1.75 bits per heavy atom. The van der Waals surface area contributed by atoms with Gasteiger partial charge in [-0.2, -0.15) is 0 Å². The van der Waals surface area contributed by atoms with E-state index < -0.39 is 23.4 Å². The third-order valence-corrected chi connectivity index (χ3v) is 5.46. The molecule has 10 nitrogen and oxygen atoms in total. The van der Waals surface area contributed by atoms with E-state index >= 15 is 0 Å². The zero-order chi connectivity index (χ0) is 27.3. The third-order valence-electron chi connectivity index (χ3n) is 5.46. The Bertz CT molecular complexity index is 1010. The van der Waals surface area contributed by atoms with Crippen LogP contribution in [0, 0.1) is 0 Å². The molecule has 1 atom stereocenters. The fourth-order valence-corrected chi connectivity index (χ4v) is 3.45. The summed E-state index contributed by atoms with van der Waals surface area (Å²) < 4.78 is 21.7. The molecular formula is C26H33NO9. The standard InChI is InChI=1S/C22H29NO5.C4H4O4/c1-7-22(23(2)3,17-11-9-8-10-12-17)15-28-21(24)16-13-18(25-4)20(27-6)19(14-16)26-5;5-3(6)1-2-4(7)8/h8-14H,7,15H2,1-6H3;1-2H,(H,5,6)(H,7,8). The lowest BCUT2D eigenvalue weighted by Gasteiger charge is -2.39. The van der Waals surface area contributed by atoms with E-state index in [9.17, 15) is 14.4 Å². The van der Waals surface area contributed by atoms with E-state index in [1.54, 1.807) is 12.1 Å². The topological polar surface area (TPSA) is 132 Å². The van der Waals surface area contributed by atoms with E-state index in [0.29, 0.717) is 35.0 Å². The maximum Gasteiger partial charge on any atom is 0.338 e. The van der Waals surface area contributed by atoms with Gasteiger partial charge in [-0.1, -0.05) is 37.3 Å². The van der Waals surface area contributed by atoms with Gasteiger partial charge in [0.2, 0.25) is 5.75 Å². The Kier molecular flexibility index (Phi) is 12.0. The summed E-state index contributed by atoms with van der Waals surface area (Å²) >= 11 is 0. The van der Waals surface area contributed by atoms with E-state index in [1.165, 1.54) is 21.3 Å². The number of rotatable bonds is 11. The molecular weight excluding hydrogens is 470 g/mol. The molecule has 0 amide bonds. The first-order valence-electron chi connectivity index (χ1n) is 10.9. The average molecular weight is 504 g/mol. The second-order valence-corrected chi connectivity index (χ2v) is 7.65. The molecule has 0 heterocycles. The number of nitrogens with zero attached hydrogens (tertiary/aromatic N) is 1. The second-order valence-electron chi connectivity index (χ2n) is 7.65. The van der Waals surface area contributed by atoms with Gasteiger partial charge < -0.3 is 29.2 Å². The van der Waals surface area contributed by atoms with Gasteiger partial charge >= 0.3 is 17.9 Å². The molecule has 2 N–H and O–H groups in total. The lowest BCUT2D eigenvalue weighted by atomic mass is 9.87. The van der Waals surface area contributed by atoms with Crippen LogP contribution in [0.1, 0.15) is 29.3 Å². The minimum atomic E-state index is -1.26. The molecule has 1 unspecified atom stereocenters. The number of ether oxygens (including phenoxy) is 4. The normalized spacial score (nSPS) is 12.2. The smallest absolute Gasteiger partial charge is 0.338 e. The lowest BCUT2D eigenvalue weighted by molar-refractivity contribution is -0.134. The largest absolute Gasteiger partial charge is 0.493 e. The summed E-state index contributed by atoms with van der Waals surface area (Å²) in [6.45, 7) is 2.30. The van der Waals surface area contributed by atoms with Gasteiger partial charge in [-0.05, 0) is 38.2 Å². The van der Waals surface area contributed by atoms with Crippen LogP contribution in [-0.2, 0) is 19.9 Å². The highest BCUT2D eigenvalue weighted by Gasteiger charge is 2.34. The monoisotopic (exact) mass is 503 g/mol. The first-order chi connectivity index (χ1) is 17.1. The molecule has 2 aromatic rings. The number of benzene rings is 2. The molecule has 0 aromatic heterocycles. The van der Waals surface area contributed by atoms with Crippen LogP contribution in [0.2, 0.25) is 0 Å². The number of carboxylic acids is 2. The van der Waals surface area contributed by atoms with E-state index in [0.717, 1.165) is 12.0 Å². The summed E-state index contributed by atoms with van der Waals surface area (Å²) in [4.78, 5) is 34.0. The number of carbonyl (C=O) groups is 3. The highest BCUT2D eigenvalue weighted by Crippen LogP contribution is 2.38. The maximum atomic E-state index is 12.8. The number of esters is 1. The molecule has 2 aromatic carbocycles. The minimum Gasteiger partial charge on any atom is -0.493 e.